The van der Waals surface area contributed by atoms with Gasteiger partial charge >= 0.3 is 0 Å². The van der Waals surface area contributed by atoms with Gasteiger partial charge in [-0.05, 0) is 38.0 Å². The van der Waals surface area contributed by atoms with E-state index < -0.39 is 0 Å². The second-order valence-corrected chi connectivity index (χ2v) is 6.17. The highest BCUT2D eigenvalue weighted by Gasteiger charge is 2.22. The van der Waals surface area contributed by atoms with Gasteiger partial charge < -0.3 is 19.5 Å². The lowest BCUT2D eigenvalue weighted by Gasteiger charge is -2.28. The number of nitrogens with zero attached hydrogens (tertiary/aromatic N) is 2. The van der Waals surface area contributed by atoms with Crippen LogP contribution in [-0.2, 0) is 16.0 Å². The number of ether oxygens (including phenoxy) is 1. The quantitative estimate of drug-likeness (QED) is 0.783. The van der Waals surface area contributed by atoms with Gasteiger partial charge in [-0.15, -0.1) is 0 Å². The van der Waals surface area contributed by atoms with E-state index >= 15 is 0 Å². The Labute approximate surface area is 153 Å². The molecule has 2 rings (SSSR count). The summed E-state index contributed by atoms with van der Waals surface area (Å²) < 4.78 is 10.1. The van der Waals surface area contributed by atoms with Crippen molar-refractivity contribution in [3.8, 4) is 5.75 Å². The first-order chi connectivity index (χ1) is 12.4. The van der Waals surface area contributed by atoms with E-state index in [1.165, 1.54) is 0 Å². The number of amides is 2. The molecule has 7 heteroatoms. The summed E-state index contributed by atoms with van der Waals surface area (Å²) in [5.74, 6) is 1.29. The summed E-state index contributed by atoms with van der Waals surface area (Å²) in [6, 6.07) is 8.91. The van der Waals surface area contributed by atoms with Gasteiger partial charge in [-0.3, -0.25) is 9.59 Å². The third-order valence-corrected chi connectivity index (χ3v) is 4.17. The molecule has 1 aromatic carbocycles. The minimum Gasteiger partial charge on any atom is -0.497 e. The third kappa shape index (κ3) is 5.34. The Morgan fingerprint density at radius 1 is 1.31 bits per heavy atom. The van der Waals surface area contributed by atoms with E-state index in [1.807, 2.05) is 38.1 Å². The smallest absolute Gasteiger partial charge is 0.245 e. The van der Waals surface area contributed by atoms with Gasteiger partial charge in [0.05, 0.1) is 13.5 Å². The maximum atomic E-state index is 12.7. The van der Waals surface area contributed by atoms with Crippen LogP contribution < -0.4 is 10.1 Å². The minimum absolute atomic E-state index is 0.0318. The van der Waals surface area contributed by atoms with Crippen molar-refractivity contribution in [2.24, 2.45) is 0 Å². The van der Waals surface area contributed by atoms with Crippen molar-refractivity contribution in [2.75, 3.05) is 19.0 Å². The van der Waals surface area contributed by atoms with Crippen LogP contribution in [0.1, 0.15) is 31.6 Å². The maximum Gasteiger partial charge on any atom is 0.245 e. The number of methoxy groups -OCH3 is 1. The zero-order valence-electron chi connectivity index (χ0n) is 15.6. The molecular weight excluding hydrogens is 334 g/mol. The number of aryl methyl sites for hydroxylation is 1. The molecule has 0 spiro atoms. The van der Waals surface area contributed by atoms with Crippen LogP contribution in [0.2, 0.25) is 0 Å². The van der Waals surface area contributed by atoms with E-state index in [9.17, 15) is 9.59 Å². The lowest BCUT2D eigenvalue weighted by atomic mass is 10.1. The van der Waals surface area contributed by atoms with Crippen molar-refractivity contribution in [1.29, 1.82) is 0 Å². The SMILES string of the molecule is CCC(C)N(CC(=O)Nc1cc(C)on1)C(=O)Cc1ccc(OC)cc1. The van der Waals surface area contributed by atoms with Crippen molar-refractivity contribution < 1.29 is 18.8 Å². The molecule has 0 saturated heterocycles. The predicted octanol–water partition coefficient (Wildman–Crippen LogP) is 2.80. The third-order valence-electron chi connectivity index (χ3n) is 4.17. The van der Waals surface area contributed by atoms with Crippen molar-refractivity contribution in [1.82, 2.24) is 10.1 Å². The predicted molar refractivity (Wildman–Crippen MR) is 98.0 cm³/mol. The summed E-state index contributed by atoms with van der Waals surface area (Å²) in [6.45, 7) is 5.62. The average Bonchev–Trinajstić information content (AvgIpc) is 3.04. The van der Waals surface area contributed by atoms with Crippen LogP contribution in [0.25, 0.3) is 0 Å². The molecule has 26 heavy (non-hydrogen) atoms. The number of carbonyl (C=O) groups excluding carboxylic acids is 2. The highest BCUT2D eigenvalue weighted by molar-refractivity contribution is 5.94. The first-order valence-corrected chi connectivity index (χ1v) is 8.58. The molecule has 0 aliphatic heterocycles. The zero-order valence-corrected chi connectivity index (χ0v) is 15.6. The summed E-state index contributed by atoms with van der Waals surface area (Å²) >= 11 is 0. The van der Waals surface area contributed by atoms with Gasteiger partial charge in [0, 0.05) is 12.1 Å². The van der Waals surface area contributed by atoms with E-state index in [0.29, 0.717) is 11.6 Å². The molecule has 7 nitrogen and oxygen atoms in total. The normalized spacial score (nSPS) is 11.7. The fourth-order valence-electron chi connectivity index (χ4n) is 2.49. The van der Waals surface area contributed by atoms with Crippen molar-refractivity contribution in [3.63, 3.8) is 0 Å². The number of nitrogens with one attached hydrogen (secondary N) is 1. The van der Waals surface area contributed by atoms with Crippen molar-refractivity contribution >= 4 is 17.6 Å². The van der Waals surface area contributed by atoms with Crippen molar-refractivity contribution in [3.05, 3.63) is 41.7 Å². The van der Waals surface area contributed by atoms with Gasteiger partial charge in [0.1, 0.15) is 18.1 Å². The van der Waals surface area contributed by atoms with Gasteiger partial charge in [-0.1, -0.05) is 24.2 Å². The number of carbonyl (C=O) groups is 2. The summed E-state index contributed by atoms with van der Waals surface area (Å²) in [5, 5.41) is 6.39. The standard InChI is InChI=1S/C19H25N3O4/c1-5-13(2)22(12-18(23)20-17-10-14(3)26-21-17)19(24)11-15-6-8-16(25-4)9-7-15/h6-10,13H,5,11-12H2,1-4H3,(H,20,21,23). The molecule has 0 radical (unpaired) electrons. The van der Waals surface area contributed by atoms with Crippen LogP contribution in [0.15, 0.2) is 34.9 Å². The fraction of sp³-hybridized carbons (Fsp3) is 0.421. The molecule has 0 fully saturated rings. The molecule has 1 heterocycles. The Hall–Kier alpha value is -2.83. The number of hydrogen-bond acceptors (Lipinski definition) is 5. The van der Waals surface area contributed by atoms with Gasteiger partial charge in [-0.2, -0.15) is 0 Å². The summed E-state index contributed by atoms with van der Waals surface area (Å²) in [6.07, 6.45) is 0.982. The van der Waals surface area contributed by atoms with Crippen LogP contribution >= 0.6 is 0 Å². The number of rotatable bonds is 8. The number of hydrogen-bond donors (Lipinski definition) is 1. The molecule has 0 saturated carbocycles. The molecule has 0 aliphatic rings. The molecule has 1 atom stereocenters. The first-order valence-electron chi connectivity index (χ1n) is 8.58. The largest absolute Gasteiger partial charge is 0.497 e. The Bertz CT molecular complexity index is 739. The fourth-order valence-corrected chi connectivity index (χ4v) is 2.49. The molecule has 2 amide bonds. The topological polar surface area (TPSA) is 84.7 Å². The second-order valence-electron chi connectivity index (χ2n) is 6.17. The average molecular weight is 359 g/mol. The van der Waals surface area contributed by atoms with Gasteiger partial charge in [0.25, 0.3) is 0 Å². The Morgan fingerprint density at radius 2 is 2.00 bits per heavy atom. The van der Waals surface area contributed by atoms with E-state index in [4.69, 9.17) is 9.26 Å². The van der Waals surface area contributed by atoms with Crippen LogP contribution in [0.5, 0.6) is 5.75 Å². The van der Waals surface area contributed by atoms with E-state index in [0.717, 1.165) is 17.7 Å². The Balaban J connectivity index is 2.02. The van der Waals surface area contributed by atoms with Crippen LogP contribution in [0, 0.1) is 6.92 Å². The Kier molecular flexibility index (Phi) is 6.77. The lowest BCUT2D eigenvalue weighted by molar-refractivity contribution is -0.136. The van der Waals surface area contributed by atoms with Gasteiger partial charge in [0.15, 0.2) is 5.82 Å². The highest BCUT2D eigenvalue weighted by Crippen LogP contribution is 2.14. The van der Waals surface area contributed by atoms with Crippen molar-refractivity contribution in [2.45, 2.75) is 39.7 Å². The van der Waals surface area contributed by atoms with Gasteiger partial charge in [-0.25, -0.2) is 0 Å². The van der Waals surface area contributed by atoms with E-state index in [1.54, 1.807) is 25.0 Å². The maximum absolute atomic E-state index is 12.7. The molecule has 0 bridgehead atoms. The molecule has 1 N–H and O–H groups in total. The van der Waals surface area contributed by atoms with E-state index in [2.05, 4.69) is 10.5 Å². The van der Waals surface area contributed by atoms with Gasteiger partial charge in [0.2, 0.25) is 11.8 Å². The molecule has 2 aromatic rings. The Morgan fingerprint density at radius 3 is 2.54 bits per heavy atom. The van der Waals surface area contributed by atoms with Crippen LogP contribution in [-0.4, -0.2) is 41.6 Å². The zero-order chi connectivity index (χ0) is 19.1. The minimum atomic E-state index is -0.304. The number of benzene rings is 1. The lowest BCUT2D eigenvalue weighted by Crippen LogP contribution is -2.44. The summed E-state index contributed by atoms with van der Waals surface area (Å²) in [7, 11) is 1.60. The second kappa shape index (κ2) is 9.03. The molecular formula is C19H25N3O4. The monoisotopic (exact) mass is 359 g/mol. The summed E-state index contributed by atoms with van der Waals surface area (Å²) in [4.78, 5) is 26.6. The summed E-state index contributed by atoms with van der Waals surface area (Å²) in [5.41, 5.74) is 0.872. The van der Waals surface area contributed by atoms with E-state index in [-0.39, 0.29) is 30.8 Å². The molecule has 0 aliphatic carbocycles. The first kappa shape index (κ1) is 19.5. The molecule has 1 aromatic heterocycles. The molecule has 1 unspecified atom stereocenters. The molecule has 140 valence electrons. The highest BCUT2D eigenvalue weighted by atomic mass is 16.5. The number of aromatic nitrogens is 1. The van der Waals surface area contributed by atoms with Crippen LogP contribution in [0.4, 0.5) is 5.82 Å². The number of anilines is 1. The van der Waals surface area contributed by atoms with Crippen LogP contribution in [0.3, 0.4) is 0 Å².